The van der Waals surface area contributed by atoms with Gasteiger partial charge in [-0.3, -0.25) is 14.9 Å². The second kappa shape index (κ2) is 5.07. The number of aryl methyl sites for hydroxylation is 1. The van der Waals surface area contributed by atoms with Crippen molar-refractivity contribution in [3.05, 3.63) is 27.9 Å². The van der Waals surface area contributed by atoms with Crippen molar-refractivity contribution in [3.63, 3.8) is 0 Å². The van der Waals surface area contributed by atoms with Crippen molar-refractivity contribution in [1.82, 2.24) is 4.98 Å². The Balaban J connectivity index is 2.32. The molecular formula is C13H17N3O4. The van der Waals surface area contributed by atoms with Gasteiger partial charge in [0.05, 0.1) is 10.3 Å². The van der Waals surface area contributed by atoms with E-state index in [9.17, 15) is 20.0 Å². The van der Waals surface area contributed by atoms with Gasteiger partial charge in [-0.15, -0.1) is 0 Å². The summed E-state index contributed by atoms with van der Waals surface area (Å²) in [5.41, 5.74) is -0.400. The largest absolute Gasteiger partial charge is 0.481 e. The normalized spacial score (nSPS) is 25.4. The minimum Gasteiger partial charge on any atom is -0.481 e. The molecule has 2 atom stereocenters. The van der Waals surface area contributed by atoms with E-state index in [1.807, 2.05) is 0 Å². The zero-order chi connectivity index (χ0) is 14.9. The van der Waals surface area contributed by atoms with Crippen molar-refractivity contribution < 1.29 is 14.8 Å². The average Bonchev–Trinajstić information content (AvgIpc) is 2.72. The number of aliphatic carboxylic acids is 1. The number of aromatic nitrogens is 1. The third kappa shape index (κ3) is 2.43. The van der Waals surface area contributed by atoms with Gasteiger partial charge in [-0.25, -0.2) is 4.98 Å². The van der Waals surface area contributed by atoms with Crippen LogP contribution in [0.2, 0.25) is 0 Å². The summed E-state index contributed by atoms with van der Waals surface area (Å²) in [5, 5.41) is 23.3. The predicted molar refractivity (Wildman–Crippen MR) is 72.6 cm³/mol. The van der Waals surface area contributed by atoms with Crippen LogP contribution >= 0.6 is 0 Å². The third-order valence-corrected chi connectivity index (χ3v) is 3.97. The van der Waals surface area contributed by atoms with Gasteiger partial charge in [-0.05, 0) is 32.8 Å². The molecule has 0 spiro atoms. The molecule has 7 nitrogen and oxygen atoms in total. The molecule has 108 valence electrons. The van der Waals surface area contributed by atoms with Gasteiger partial charge >= 0.3 is 11.7 Å². The summed E-state index contributed by atoms with van der Waals surface area (Å²) < 4.78 is 0. The molecule has 2 unspecified atom stereocenters. The molecule has 0 aliphatic heterocycles. The van der Waals surface area contributed by atoms with Crippen LogP contribution in [0.4, 0.5) is 11.5 Å². The molecule has 0 amide bonds. The maximum Gasteiger partial charge on any atom is 0.311 e. The summed E-state index contributed by atoms with van der Waals surface area (Å²) in [6.45, 7) is 3.40. The van der Waals surface area contributed by atoms with E-state index in [1.54, 1.807) is 19.9 Å². The number of rotatable bonds is 4. The lowest BCUT2D eigenvalue weighted by molar-refractivity contribution is -0.384. The van der Waals surface area contributed by atoms with Gasteiger partial charge in [0.1, 0.15) is 0 Å². The van der Waals surface area contributed by atoms with Gasteiger partial charge in [0, 0.05) is 17.8 Å². The van der Waals surface area contributed by atoms with Crippen LogP contribution in [0.3, 0.4) is 0 Å². The Morgan fingerprint density at radius 1 is 1.60 bits per heavy atom. The molecule has 20 heavy (non-hydrogen) atoms. The zero-order valence-corrected chi connectivity index (χ0v) is 11.4. The van der Waals surface area contributed by atoms with E-state index in [0.717, 1.165) is 6.42 Å². The summed E-state index contributed by atoms with van der Waals surface area (Å²) in [5.74, 6) is -0.739. The minimum atomic E-state index is -0.917. The van der Waals surface area contributed by atoms with Crippen LogP contribution in [0.5, 0.6) is 0 Å². The molecule has 2 N–H and O–H groups in total. The number of pyridine rings is 1. The molecule has 0 bridgehead atoms. The summed E-state index contributed by atoms with van der Waals surface area (Å²) in [6, 6.07) is 2.60. The van der Waals surface area contributed by atoms with Gasteiger partial charge in [0.25, 0.3) is 0 Å². The molecule has 1 saturated carbocycles. The number of hydrogen-bond donors (Lipinski definition) is 2. The van der Waals surface area contributed by atoms with E-state index in [1.165, 1.54) is 6.07 Å². The Hall–Kier alpha value is -2.18. The Morgan fingerprint density at radius 2 is 2.30 bits per heavy atom. The van der Waals surface area contributed by atoms with E-state index in [0.29, 0.717) is 18.5 Å². The molecule has 1 heterocycles. The summed E-state index contributed by atoms with van der Waals surface area (Å²) in [6.07, 6.45) is 2.00. The molecule has 0 aromatic carbocycles. The van der Waals surface area contributed by atoms with Gasteiger partial charge in [0.2, 0.25) is 5.82 Å². The fraction of sp³-hybridized carbons (Fsp3) is 0.538. The maximum absolute atomic E-state index is 11.4. The first-order valence-electron chi connectivity index (χ1n) is 6.46. The Morgan fingerprint density at radius 3 is 2.90 bits per heavy atom. The number of anilines is 1. The topological polar surface area (TPSA) is 105 Å². The molecule has 2 rings (SSSR count). The predicted octanol–water partition coefficient (Wildman–Crippen LogP) is 2.35. The van der Waals surface area contributed by atoms with Gasteiger partial charge in [-0.2, -0.15) is 0 Å². The molecule has 1 aliphatic carbocycles. The van der Waals surface area contributed by atoms with Crippen LogP contribution in [0.1, 0.15) is 31.9 Å². The second-order valence-corrected chi connectivity index (χ2v) is 5.39. The number of nitro groups is 1. The highest BCUT2D eigenvalue weighted by Gasteiger charge is 2.46. The molecule has 1 aromatic rings. The highest BCUT2D eigenvalue weighted by Crippen LogP contribution is 2.40. The highest BCUT2D eigenvalue weighted by atomic mass is 16.6. The van der Waals surface area contributed by atoms with E-state index in [-0.39, 0.29) is 17.5 Å². The molecule has 1 aliphatic rings. The van der Waals surface area contributed by atoms with Crippen molar-refractivity contribution in [2.75, 3.05) is 5.32 Å². The average molecular weight is 279 g/mol. The quantitative estimate of drug-likeness (QED) is 0.647. The van der Waals surface area contributed by atoms with Crippen molar-refractivity contribution in [2.45, 2.75) is 39.2 Å². The van der Waals surface area contributed by atoms with Crippen molar-refractivity contribution in [2.24, 2.45) is 5.41 Å². The Kier molecular flexibility index (Phi) is 3.61. The monoisotopic (exact) mass is 279 g/mol. The maximum atomic E-state index is 11.4. The number of carboxylic acid groups (broad SMARTS) is 1. The van der Waals surface area contributed by atoms with Gasteiger partial charge in [0.15, 0.2) is 0 Å². The first-order chi connectivity index (χ1) is 9.34. The summed E-state index contributed by atoms with van der Waals surface area (Å²) in [7, 11) is 0. The summed E-state index contributed by atoms with van der Waals surface area (Å²) in [4.78, 5) is 26.1. The van der Waals surface area contributed by atoms with E-state index in [4.69, 9.17) is 0 Å². The number of hydrogen-bond acceptors (Lipinski definition) is 5. The summed E-state index contributed by atoms with van der Waals surface area (Å²) >= 11 is 0. The number of carboxylic acids is 1. The first kappa shape index (κ1) is 14.2. The molecule has 1 aromatic heterocycles. The van der Waals surface area contributed by atoms with Crippen LogP contribution in [0.25, 0.3) is 0 Å². The van der Waals surface area contributed by atoms with Crippen LogP contribution in [0.15, 0.2) is 12.1 Å². The van der Waals surface area contributed by atoms with Gasteiger partial charge < -0.3 is 10.4 Å². The Labute approximate surface area is 116 Å². The smallest absolute Gasteiger partial charge is 0.311 e. The van der Waals surface area contributed by atoms with Crippen LogP contribution in [0, 0.1) is 22.5 Å². The zero-order valence-electron chi connectivity index (χ0n) is 11.4. The first-order valence-corrected chi connectivity index (χ1v) is 6.46. The minimum absolute atomic E-state index is 0.129. The van der Waals surface area contributed by atoms with Crippen LogP contribution in [-0.4, -0.2) is 27.0 Å². The molecule has 0 radical (unpaired) electrons. The third-order valence-electron chi connectivity index (χ3n) is 3.97. The van der Waals surface area contributed by atoms with E-state index < -0.39 is 16.3 Å². The lowest BCUT2D eigenvalue weighted by Crippen LogP contribution is -2.40. The lowest BCUT2D eigenvalue weighted by Gasteiger charge is -2.28. The highest BCUT2D eigenvalue weighted by molar-refractivity contribution is 5.76. The van der Waals surface area contributed by atoms with Crippen molar-refractivity contribution >= 4 is 17.5 Å². The molecular weight excluding hydrogens is 262 g/mol. The lowest BCUT2D eigenvalue weighted by atomic mass is 9.85. The fourth-order valence-electron chi connectivity index (χ4n) is 2.62. The SMILES string of the molecule is Cc1ccc([N+](=O)[O-])c(NC2CCCC2(C)C(=O)O)n1. The second-order valence-electron chi connectivity index (χ2n) is 5.39. The standard InChI is InChI=1S/C13H17N3O4/c1-8-5-6-9(16(19)20)11(14-8)15-10-4-3-7-13(10,2)12(17)18/h5-6,10H,3-4,7H2,1-2H3,(H,14,15)(H,17,18). The fourth-order valence-corrected chi connectivity index (χ4v) is 2.62. The van der Waals surface area contributed by atoms with Crippen LogP contribution in [-0.2, 0) is 4.79 Å². The van der Waals surface area contributed by atoms with Crippen molar-refractivity contribution in [3.8, 4) is 0 Å². The number of nitrogens with zero attached hydrogens (tertiary/aromatic N) is 2. The molecule has 0 saturated heterocycles. The van der Waals surface area contributed by atoms with E-state index >= 15 is 0 Å². The number of carbonyl (C=O) groups is 1. The Bertz CT molecular complexity index is 561. The van der Waals surface area contributed by atoms with Crippen LogP contribution < -0.4 is 5.32 Å². The van der Waals surface area contributed by atoms with Gasteiger partial charge in [-0.1, -0.05) is 6.42 Å². The van der Waals surface area contributed by atoms with Crippen molar-refractivity contribution in [1.29, 1.82) is 0 Å². The van der Waals surface area contributed by atoms with E-state index in [2.05, 4.69) is 10.3 Å². The number of nitrogens with one attached hydrogen (secondary N) is 1. The molecule has 1 fully saturated rings. The molecule has 7 heteroatoms.